The van der Waals surface area contributed by atoms with Crippen LogP contribution in [0.2, 0.25) is 0 Å². The van der Waals surface area contributed by atoms with Crippen LogP contribution in [0.5, 0.6) is 138 Å². The summed E-state index contributed by atoms with van der Waals surface area (Å²) >= 11 is 0. The van der Waals surface area contributed by atoms with E-state index in [-0.39, 0.29) is 11.1 Å². The van der Waals surface area contributed by atoms with Crippen molar-refractivity contribution in [3.8, 4) is 149 Å². The Hall–Kier alpha value is -18.0. The number of carbonyl (C=O) groups excluding carboxylic acids is 10. The van der Waals surface area contributed by atoms with E-state index in [0.29, 0.717) is 97.1 Å². The highest BCUT2D eigenvalue weighted by Gasteiger charge is 2.57. The molecule has 10 aromatic carbocycles. The van der Waals surface area contributed by atoms with Gasteiger partial charge in [0.15, 0.2) is 162 Å². The molecule has 0 bridgehead atoms. The lowest BCUT2D eigenvalue weighted by atomic mass is 9.97. The van der Waals surface area contributed by atoms with E-state index in [4.69, 9.17) is 56.8 Å². The summed E-state index contributed by atoms with van der Waals surface area (Å²) in [6.45, 7) is -2.69. The van der Waals surface area contributed by atoms with Crippen molar-refractivity contribution in [1.29, 1.82) is 0 Å². The first-order valence-electron chi connectivity index (χ1n) is 36.0. The molecule has 666 valence electrons. The Morgan fingerprint density at radius 1 is 0.195 bits per heavy atom. The normalized spacial score (nSPS) is 18.1. The number of ether oxygens (including phenoxy) is 12. The quantitative estimate of drug-likeness (QED) is 0.0224. The van der Waals surface area contributed by atoms with Crippen LogP contribution in [0.15, 0.2) is 146 Å². The van der Waals surface area contributed by atoms with Gasteiger partial charge in [-0.2, -0.15) is 0 Å². The predicted molar refractivity (Wildman–Crippen MR) is 407 cm³/mol. The minimum atomic E-state index is -2.65. The lowest BCUT2D eigenvalue weighted by Crippen LogP contribution is -2.63. The van der Waals surface area contributed by atoms with Gasteiger partial charge in [0, 0.05) is 0 Å². The van der Waals surface area contributed by atoms with Crippen molar-refractivity contribution >= 4 is 59.7 Å². The summed E-state index contributed by atoms with van der Waals surface area (Å²) in [6, 6.07) is 17.3. The molecule has 24 N–H and O–H groups in total. The van der Waals surface area contributed by atoms with Gasteiger partial charge in [-0.25, -0.2) is 47.9 Å². The van der Waals surface area contributed by atoms with E-state index in [0.717, 1.165) is 24.3 Å². The van der Waals surface area contributed by atoms with Crippen LogP contribution in [-0.2, 0) is 56.8 Å². The van der Waals surface area contributed by atoms with Gasteiger partial charge < -0.3 is 179 Å². The van der Waals surface area contributed by atoms with Crippen LogP contribution >= 0.6 is 0 Å². The third-order valence-corrected chi connectivity index (χ3v) is 18.9. The van der Waals surface area contributed by atoms with E-state index in [9.17, 15) is 171 Å². The van der Waals surface area contributed by atoms with Crippen LogP contribution < -0.4 is 0 Å². The average Bonchev–Trinajstić information content (AvgIpc) is 0.768. The monoisotopic (exact) mass is 1780 g/mol. The Kier molecular flexibility index (Phi) is 25.1. The summed E-state index contributed by atoms with van der Waals surface area (Å²) in [7, 11) is 0. The van der Waals surface area contributed by atoms with E-state index in [1.165, 1.54) is 24.3 Å². The maximum Gasteiger partial charge on any atom is 0.340 e. The van der Waals surface area contributed by atoms with Gasteiger partial charge in [0.05, 0.1) is 55.6 Å². The van der Waals surface area contributed by atoms with E-state index in [2.05, 4.69) is 0 Å². The van der Waals surface area contributed by atoms with E-state index >= 15 is 0 Å². The van der Waals surface area contributed by atoms with Gasteiger partial charge in [0.1, 0.15) is 25.4 Å². The van der Waals surface area contributed by atoms with Gasteiger partial charge in [0.25, 0.3) is 0 Å². The van der Waals surface area contributed by atoms with Gasteiger partial charge in [-0.1, -0.05) is 24.3 Å². The predicted octanol–water partition coefficient (Wildman–Crippen LogP) is 5.12. The number of phenolic OH excluding ortho intramolecular Hbond substituents is 24. The summed E-state index contributed by atoms with van der Waals surface area (Å²) in [4.78, 5) is 143. The molecule has 12 rings (SSSR count). The Morgan fingerprint density at radius 2 is 0.352 bits per heavy atom. The third kappa shape index (κ3) is 18.9. The summed E-state index contributed by atoms with van der Waals surface area (Å²) in [6.07, 6.45) is -25.5. The summed E-state index contributed by atoms with van der Waals surface area (Å²) in [5.74, 6) is -44.4. The van der Waals surface area contributed by atoms with Gasteiger partial charge in [-0.3, -0.25) is 0 Å². The maximum atomic E-state index is 14.7. The lowest BCUT2D eigenvalue weighted by Gasteiger charge is -2.43. The Labute approximate surface area is 709 Å². The van der Waals surface area contributed by atoms with Crippen LogP contribution in [0, 0.1) is 0 Å². The number of aromatic hydroxyl groups is 24. The fourth-order valence-electron chi connectivity index (χ4n) is 12.4. The van der Waals surface area contributed by atoms with Gasteiger partial charge >= 0.3 is 59.7 Å². The standard InChI is InChI=1S/C82H62O46/c83-39-9-31(10-40(84)57(39)99)71(107)117-25-55-65(121-75(111)33-13-43(87)59(101)44(88)14-33)67(123-77(113)35-17-47(91)61(103)48(92)18-35)69(125-79(115)37-21-51(95)63(105)52(96)22-37)81(119-55)127-73(109)29-5-1-27(2-6-29)28-3-7-30(8-4-28)74(110)128-82-70(126-80(116)38-23-53(97)64(106)54(98)24-38)68(124-78(114)36-19-49(93)62(104)50(94)20-36)66(122-76(112)34-15-45(89)60(102)46(90)16-34)56(120-82)26-118-72(108)32-11-41(85)58(100)42(86)12-32/h1-24,55-56,65-70,81-106H,25-26H2/t55-,56-,65-,66-,67+,68+,69-,70-,81+,82+/m1/s1. The zero-order valence-corrected chi connectivity index (χ0v) is 63.8. The average molecular weight is 1780 g/mol. The van der Waals surface area contributed by atoms with Gasteiger partial charge in [0.2, 0.25) is 24.8 Å². The highest BCUT2D eigenvalue weighted by Crippen LogP contribution is 2.46. The summed E-state index contributed by atoms with van der Waals surface area (Å²) in [5, 5.41) is 248. The molecule has 10 aromatic rings. The molecule has 2 aliphatic rings. The second kappa shape index (κ2) is 36.0. The van der Waals surface area contributed by atoms with Crippen LogP contribution in [0.4, 0.5) is 0 Å². The first-order valence-corrected chi connectivity index (χ1v) is 36.0. The van der Waals surface area contributed by atoms with Crippen molar-refractivity contribution in [3.05, 3.63) is 201 Å². The molecule has 46 nitrogen and oxygen atoms in total. The zero-order chi connectivity index (χ0) is 93.2. The first kappa shape index (κ1) is 89.3. The molecule has 0 spiro atoms. The molecule has 0 aromatic heterocycles. The fourth-order valence-corrected chi connectivity index (χ4v) is 12.4. The summed E-state index contributed by atoms with van der Waals surface area (Å²) < 4.78 is 69.0. The third-order valence-electron chi connectivity index (χ3n) is 18.9. The maximum absolute atomic E-state index is 14.7. The SMILES string of the molecule is O=C(OC[C@H]1O[C@@H](OC(=O)c2ccc(-c3ccc(C(=O)O[C@@H]4O[C@H](COC(=O)c5cc(O)c(O)c(O)c5)[C@@H](OC(=O)c5cc(O)c(O)c(O)c5)[C@H](OC(=O)c5cc(O)c(O)c(O)c5)[C@H]4OC(=O)c4cc(O)c(O)c(O)c4)cc3)cc2)[C@H](OC(=O)c2cc(O)c(O)c(O)c2)[C@@H](OC(=O)c2cc(O)c(O)c(O)c2)[C@@H]1OC(=O)c1cc(O)c(O)c(O)c1)c1cc(O)c(O)c(O)c1. The highest BCUT2D eigenvalue weighted by molar-refractivity contribution is 5.98. The Bertz CT molecular complexity index is 5600. The minimum absolute atomic E-state index is 0.125. The van der Waals surface area contributed by atoms with Crippen LogP contribution in [-0.4, -0.2) is 257 Å². The van der Waals surface area contributed by atoms with Gasteiger partial charge in [-0.05, 0) is 132 Å². The second-order valence-electron chi connectivity index (χ2n) is 27.4. The number of hydrogen-bond acceptors (Lipinski definition) is 46. The number of hydrogen-bond donors (Lipinski definition) is 24. The van der Waals surface area contributed by atoms with Crippen molar-refractivity contribution in [1.82, 2.24) is 0 Å². The smallest absolute Gasteiger partial charge is 0.340 e. The number of esters is 10. The van der Waals surface area contributed by atoms with Crippen molar-refractivity contribution in [2.45, 2.75) is 61.4 Å². The molecule has 10 atom stereocenters. The number of benzene rings is 10. The molecule has 0 aliphatic carbocycles. The topological polar surface area (TPSA) is 767 Å². The van der Waals surface area contributed by atoms with E-state index < -0.39 is 328 Å². The largest absolute Gasteiger partial charge is 0.504 e. The molecule has 128 heavy (non-hydrogen) atoms. The highest BCUT2D eigenvalue weighted by atomic mass is 16.8. The molecular formula is C82H62O46. The van der Waals surface area contributed by atoms with Crippen molar-refractivity contribution in [2.24, 2.45) is 0 Å². The number of carbonyl (C=O) groups is 10. The molecule has 2 heterocycles. The molecule has 0 unspecified atom stereocenters. The molecule has 0 radical (unpaired) electrons. The van der Waals surface area contributed by atoms with Crippen molar-refractivity contribution < 1.29 is 227 Å². The molecule has 0 saturated carbocycles. The van der Waals surface area contributed by atoms with Crippen LogP contribution in [0.25, 0.3) is 11.1 Å². The molecule has 2 fully saturated rings. The first-order chi connectivity index (χ1) is 60.4. The summed E-state index contributed by atoms with van der Waals surface area (Å²) in [5.41, 5.74) is -7.53. The number of phenols is 24. The van der Waals surface area contributed by atoms with Crippen LogP contribution in [0.3, 0.4) is 0 Å². The van der Waals surface area contributed by atoms with E-state index in [1.807, 2.05) is 0 Å². The Morgan fingerprint density at radius 3 is 0.539 bits per heavy atom. The van der Waals surface area contributed by atoms with Crippen LogP contribution in [0.1, 0.15) is 104 Å². The van der Waals surface area contributed by atoms with Crippen molar-refractivity contribution in [3.63, 3.8) is 0 Å². The molecule has 0 amide bonds. The van der Waals surface area contributed by atoms with Crippen molar-refractivity contribution in [2.75, 3.05) is 13.2 Å². The zero-order valence-electron chi connectivity index (χ0n) is 63.8. The Balaban J connectivity index is 0.894. The fraction of sp³-hybridized carbons (Fsp3) is 0.146. The molecule has 46 heteroatoms. The molecule has 2 saturated heterocycles. The minimum Gasteiger partial charge on any atom is -0.504 e. The van der Waals surface area contributed by atoms with E-state index in [1.54, 1.807) is 0 Å². The molecular weight excluding hydrogens is 1720 g/mol. The molecule has 2 aliphatic heterocycles. The number of rotatable bonds is 23. The lowest BCUT2D eigenvalue weighted by molar-refractivity contribution is -0.283. The van der Waals surface area contributed by atoms with Gasteiger partial charge in [-0.15, -0.1) is 0 Å². The second-order valence-corrected chi connectivity index (χ2v) is 27.4.